The Balaban J connectivity index is 0.00000105. The lowest BCUT2D eigenvalue weighted by atomic mass is 10.1. The van der Waals surface area contributed by atoms with E-state index in [1.807, 2.05) is 36.7 Å². The number of carboxylic acids is 1. The number of aromatic carboxylic acids is 1. The lowest BCUT2D eigenvalue weighted by Crippen LogP contribution is -2.18. The molecular weight excluding hydrogens is 543 g/mol. The molecule has 38 heavy (non-hydrogen) atoms. The minimum absolute atomic E-state index is 0.176. The van der Waals surface area contributed by atoms with E-state index in [0.29, 0.717) is 18.7 Å². The number of benzene rings is 3. The third kappa shape index (κ3) is 11.0. The molecule has 0 amide bonds. The van der Waals surface area contributed by atoms with Crippen molar-refractivity contribution in [1.29, 1.82) is 0 Å². The van der Waals surface area contributed by atoms with E-state index in [-0.39, 0.29) is 5.56 Å². The minimum Gasteiger partial charge on any atom is -0.478 e. The van der Waals surface area contributed by atoms with Crippen molar-refractivity contribution in [3.05, 3.63) is 106 Å². The summed E-state index contributed by atoms with van der Waals surface area (Å²) in [5, 5.41) is 8.45. The summed E-state index contributed by atoms with van der Waals surface area (Å²) >= 11 is 5.81. The summed E-state index contributed by atoms with van der Waals surface area (Å²) < 4.78 is 38.6. The lowest BCUT2D eigenvalue weighted by molar-refractivity contribution is -0.0987. The van der Waals surface area contributed by atoms with Gasteiger partial charge in [0.15, 0.2) is 0 Å². The number of halogens is 3. The summed E-state index contributed by atoms with van der Waals surface area (Å²) in [7, 11) is -3.91. The molecule has 0 aliphatic rings. The lowest BCUT2D eigenvalue weighted by Gasteiger charge is -2.21. The first-order chi connectivity index (χ1) is 17.8. The molecule has 0 spiro atoms. The molecule has 0 heterocycles. The molecule has 8 nitrogen and oxygen atoms in total. The van der Waals surface area contributed by atoms with Crippen LogP contribution in [0.15, 0.2) is 72.8 Å². The average molecular weight is 572 g/mol. The summed E-state index contributed by atoms with van der Waals surface area (Å²) in [6.45, 7) is 6.89. The number of hydrogen-bond donors (Lipinski definition) is 3. The van der Waals surface area contributed by atoms with Crippen LogP contribution in [0.25, 0.3) is 0 Å². The van der Waals surface area contributed by atoms with Crippen molar-refractivity contribution in [2.75, 3.05) is 7.05 Å². The van der Waals surface area contributed by atoms with Crippen molar-refractivity contribution >= 4 is 38.7 Å². The Labute approximate surface area is 224 Å². The monoisotopic (exact) mass is 571 g/mol. The molecule has 0 aromatic heterocycles. The maximum Gasteiger partial charge on any atom is 0.399 e. The van der Waals surface area contributed by atoms with Crippen LogP contribution >= 0.6 is 19.2 Å². The second-order valence-electron chi connectivity index (χ2n) is 7.73. The predicted molar refractivity (Wildman–Crippen MR) is 141 cm³/mol. The van der Waals surface area contributed by atoms with Crippen LogP contribution in [0.4, 0.5) is 8.78 Å². The smallest absolute Gasteiger partial charge is 0.399 e. The molecule has 3 aromatic carbocycles. The standard InChI is InChI=1S/C17H17ClF2NO5P.C7H8.2CH2O/c1-21(9-11-2-5-13(6-3-11)16(22)23)10-12-4-7-14(15(18)8-12)17(19,20)27(24,25)26;1-7-5-3-2-4-6-7;2*1-2/h2-8H,9-10H2,1H3,(H,22,23)(H2,24,25,26);2-6H,1H3;2*1H2. The van der Waals surface area contributed by atoms with Crippen LogP contribution in [-0.2, 0) is 32.9 Å². The van der Waals surface area contributed by atoms with Crippen molar-refractivity contribution in [2.45, 2.75) is 25.7 Å². The van der Waals surface area contributed by atoms with Gasteiger partial charge in [0.2, 0.25) is 0 Å². The summed E-state index contributed by atoms with van der Waals surface area (Å²) in [6, 6.07) is 20.1. The van der Waals surface area contributed by atoms with Gasteiger partial charge in [0.05, 0.1) is 16.1 Å². The molecule has 206 valence electrons. The van der Waals surface area contributed by atoms with Gasteiger partial charge in [0, 0.05) is 13.1 Å². The molecule has 12 heteroatoms. The third-order valence-electron chi connectivity index (χ3n) is 4.77. The number of carbonyl (C=O) groups excluding carboxylic acids is 2. The normalized spacial score (nSPS) is 10.6. The number of nitrogens with zero attached hydrogens (tertiary/aromatic N) is 1. The average Bonchev–Trinajstić information content (AvgIpc) is 2.87. The Morgan fingerprint density at radius 1 is 0.921 bits per heavy atom. The van der Waals surface area contributed by atoms with Crippen LogP contribution in [0, 0.1) is 6.92 Å². The number of hydrogen-bond acceptors (Lipinski definition) is 5. The highest BCUT2D eigenvalue weighted by molar-refractivity contribution is 7.52. The molecule has 0 bridgehead atoms. The second kappa shape index (κ2) is 16.5. The first kappa shape index (κ1) is 34.7. The zero-order valence-electron chi connectivity index (χ0n) is 20.8. The summed E-state index contributed by atoms with van der Waals surface area (Å²) in [5.74, 6) is -1.02. The maximum atomic E-state index is 13.8. The Morgan fingerprint density at radius 3 is 1.79 bits per heavy atom. The van der Waals surface area contributed by atoms with Crippen LogP contribution in [0.5, 0.6) is 0 Å². The molecule has 0 fully saturated rings. The van der Waals surface area contributed by atoms with Crippen LogP contribution in [0.2, 0.25) is 5.02 Å². The highest BCUT2D eigenvalue weighted by atomic mass is 35.5. The molecule has 0 aliphatic carbocycles. The van der Waals surface area contributed by atoms with Gasteiger partial charge in [0.25, 0.3) is 0 Å². The van der Waals surface area contributed by atoms with E-state index in [1.54, 1.807) is 19.2 Å². The summed E-state index contributed by atoms with van der Waals surface area (Å²) in [6.07, 6.45) is 0. The van der Waals surface area contributed by atoms with E-state index >= 15 is 0 Å². The molecule has 0 unspecified atom stereocenters. The van der Waals surface area contributed by atoms with E-state index in [9.17, 15) is 18.1 Å². The zero-order valence-corrected chi connectivity index (χ0v) is 22.4. The number of alkyl halides is 2. The van der Waals surface area contributed by atoms with Crippen LogP contribution < -0.4 is 0 Å². The fourth-order valence-corrected chi connectivity index (χ4v) is 3.92. The Morgan fingerprint density at radius 2 is 1.39 bits per heavy atom. The highest BCUT2D eigenvalue weighted by Gasteiger charge is 2.51. The first-order valence-corrected chi connectivity index (χ1v) is 12.6. The van der Waals surface area contributed by atoms with E-state index in [4.69, 9.17) is 36.1 Å². The second-order valence-corrected chi connectivity index (χ2v) is 9.79. The topological polar surface area (TPSA) is 132 Å². The molecule has 3 N–H and O–H groups in total. The number of carboxylic acid groups (broad SMARTS) is 1. The summed E-state index contributed by atoms with van der Waals surface area (Å²) in [4.78, 5) is 46.3. The van der Waals surface area contributed by atoms with E-state index < -0.39 is 29.8 Å². The number of rotatable bonds is 7. The minimum atomic E-state index is -5.69. The predicted octanol–water partition coefficient (Wildman–Crippen LogP) is 5.52. The molecular formula is C26H29ClF2NO7P. The largest absolute Gasteiger partial charge is 0.478 e. The van der Waals surface area contributed by atoms with Gasteiger partial charge in [-0.1, -0.05) is 71.8 Å². The quantitative estimate of drug-likeness (QED) is 0.316. The van der Waals surface area contributed by atoms with Crippen molar-refractivity contribution in [1.82, 2.24) is 4.90 Å². The molecule has 0 atom stereocenters. The SMILES string of the molecule is C=O.C=O.CN(Cc1ccc(C(=O)O)cc1)Cc1ccc(C(F)(F)P(=O)(O)O)c(Cl)c1.Cc1ccccc1. The Hall–Kier alpha value is -3.27. The summed E-state index contributed by atoms with van der Waals surface area (Å²) in [5.41, 5.74) is -2.35. The van der Waals surface area contributed by atoms with Gasteiger partial charge >= 0.3 is 19.2 Å². The van der Waals surface area contributed by atoms with Crippen molar-refractivity contribution in [2.24, 2.45) is 0 Å². The van der Waals surface area contributed by atoms with Gasteiger partial charge in [0.1, 0.15) is 13.6 Å². The molecule has 3 rings (SSSR count). The van der Waals surface area contributed by atoms with Crippen molar-refractivity contribution < 1.29 is 42.6 Å². The Kier molecular flexibility index (Phi) is 15.1. The van der Waals surface area contributed by atoms with Crippen molar-refractivity contribution in [3.63, 3.8) is 0 Å². The molecule has 0 radical (unpaired) electrons. The Bertz CT molecular complexity index is 1190. The maximum absolute atomic E-state index is 13.8. The van der Waals surface area contributed by atoms with E-state index in [0.717, 1.165) is 11.6 Å². The van der Waals surface area contributed by atoms with Crippen LogP contribution in [-0.4, -0.2) is 46.4 Å². The van der Waals surface area contributed by atoms with E-state index in [1.165, 1.54) is 29.8 Å². The molecule has 0 saturated carbocycles. The van der Waals surface area contributed by atoms with Gasteiger partial charge < -0.3 is 24.5 Å². The first-order valence-electron chi connectivity index (χ1n) is 10.6. The number of aryl methyl sites for hydroxylation is 1. The van der Waals surface area contributed by atoms with Crippen LogP contribution in [0.3, 0.4) is 0 Å². The molecule has 0 aliphatic heterocycles. The van der Waals surface area contributed by atoms with Gasteiger partial charge in [-0.05, 0) is 43.3 Å². The third-order valence-corrected chi connectivity index (χ3v) is 6.05. The van der Waals surface area contributed by atoms with Gasteiger partial charge in [-0.3, -0.25) is 9.46 Å². The van der Waals surface area contributed by atoms with E-state index in [2.05, 4.69) is 19.1 Å². The van der Waals surface area contributed by atoms with Gasteiger partial charge in [-0.2, -0.15) is 8.78 Å². The van der Waals surface area contributed by atoms with Gasteiger partial charge in [-0.15, -0.1) is 0 Å². The molecule has 3 aromatic rings. The molecule has 0 saturated heterocycles. The number of carbonyl (C=O) groups is 3. The fourth-order valence-electron chi connectivity index (χ4n) is 3.02. The fraction of sp³-hybridized carbons (Fsp3) is 0.192. The van der Waals surface area contributed by atoms with Crippen LogP contribution in [0.1, 0.15) is 32.6 Å². The van der Waals surface area contributed by atoms with Crippen molar-refractivity contribution in [3.8, 4) is 0 Å². The highest BCUT2D eigenvalue weighted by Crippen LogP contribution is 2.60. The van der Waals surface area contributed by atoms with Gasteiger partial charge in [-0.25, -0.2) is 4.79 Å². The zero-order chi connectivity index (χ0) is 29.5.